The zero-order chi connectivity index (χ0) is 10.8. The first-order chi connectivity index (χ1) is 7.43. The molecule has 0 bridgehead atoms. The summed E-state index contributed by atoms with van der Waals surface area (Å²) in [6.07, 6.45) is 1.34. The van der Waals surface area contributed by atoms with E-state index >= 15 is 0 Å². The monoisotopic (exact) mass is 222 g/mol. The molecule has 0 unspecified atom stereocenters. The zero-order valence-corrected chi connectivity index (χ0v) is 11.6. The highest BCUT2D eigenvalue weighted by atomic mass is 28.1. The molecule has 0 aliphatic heterocycles. The van der Waals surface area contributed by atoms with Crippen LogP contribution in [0.3, 0.4) is 0 Å². The second-order valence-electron chi connectivity index (χ2n) is 3.77. The van der Waals surface area contributed by atoms with Gasteiger partial charge in [0, 0.05) is 29.9 Å². The molecule has 0 saturated heterocycles. The van der Waals surface area contributed by atoms with Crippen molar-refractivity contribution < 1.29 is 0 Å². The fourth-order valence-corrected chi connectivity index (χ4v) is 1.79. The minimum atomic E-state index is 0.975. The molecular weight excluding hydrogens is 200 g/mol. The van der Waals surface area contributed by atoms with Gasteiger partial charge in [0.05, 0.1) is 0 Å². The Morgan fingerprint density at radius 2 is 1.67 bits per heavy atom. The summed E-state index contributed by atoms with van der Waals surface area (Å²) >= 11 is 0. The molecule has 0 heterocycles. The van der Waals surface area contributed by atoms with Crippen molar-refractivity contribution in [1.82, 2.24) is 10.6 Å². The highest BCUT2D eigenvalue weighted by Crippen LogP contribution is 1.96. The molecule has 0 saturated carbocycles. The maximum atomic E-state index is 3.43. The minimum Gasteiger partial charge on any atom is -0.315 e. The minimum absolute atomic E-state index is 0.975. The van der Waals surface area contributed by atoms with E-state index in [0.29, 0.717) is 0 Å². The van der Waals surface area contributed by atoms with Crippen LogP contribution in [0.4, 0.5) is 0 Å². The Balaban J connectivity index is 1.93. The van der Waals surface area contributed by atoms with Gasteiger partial charge in [0.25, 0.3) is 0 Å². The Hall–Kier alpha value is -0.643. The van der Waals surface area contributed by atoms with Gasteiger partial charge in [-0.1, -0.05) is 36.4 Å². The average Bonchev–Trinajstić information content (AvgIpc) is 2.29. The Bertz CT molecular complexity index is 239. The number of nitrogens with one attached hydrogen (secondary N) is 2. The van der Waals surface area contributed by atoms with E-state index < -0.39 is 0 Å². The molecule has 15 heavy (non-hydrogen) atoms. The van der Waals surface area contributed by atoms with Crippen molar-refractivity contribution >= 4 is 10.2 Å². The SMILES string of the molecule is [SiH3]CCCNCCNCc1ccccc1. The molecule has 0 aliphatic carbocycles. The van der Waals surface area contributed by atoms with Gasteiger partial charge in [-0.2, -0.15) is 0 Å². The zero-order valence-electron chi connectivity index (χ0n) is 9.63. The topological polar surface area (TPSA) is 24.1 Å². The van der Waals surface area contributed by atoms with Crippen LogP contribution in [0.25, 0.3) is 0 Å². The van der Waals surface area contributed by atoms with E-state index in [1.54, 1.807) is 0 Å². The highest BCUT2D eigenvalue weighted by Gasteiger charge is 1.90. The summed E-state index contributed by atoms with van der Waals surface area (Å²) in [6, 6.07) is 11.9. The van der Waals surface area contributed by atoms with Crippen LogP contribution in [0.2, 0.25) is 6.04 Å². The van der Waals surface area contributed by atoms with Crippen molar-refractivity contribution in [2.75, 3.05) is 19.6 Å². The molecule has 0 spiro atoms. The van der Waals surface area contributed by atoms with Crippen LogP contribution in [0, 0.1) is 0 Å². The van der Waals surface area contributed by atoms with Crippen LogP contribution in [0.1, 0.15) is 12.0 Å². The van der Waals surface area contributed by atoms with Crippen LogP contribution in [-0.2, 0) is 6.54 Å². The summed E-state index contributed by atoms with van der Waals surface area (Å²) in [6.45, 7) is 4.28. The van der Waals surface area contributed by atoms with Crippen LogP contribution >= 0.6 is 0 Å². The third kappa shape index (κ3) is 6.44. The van der Waals surface area contributed by atoms with Gasteiger partial charge < -0.3 is 10.6 Å². The number of rotatable bonds is 8. The summed E-state index contributed by atoms with van der Waals surface area (Å²) in [7, 11) is 1.34. The molecule has 1 rings (SSSR count). The summed E-state index contributed by atoms with van der Waals surface area (Å²) < 4.78 is 0. The largest absolute Gasteiger partial charge is 0.315 e. The first-order valence-electron chi connectivity index (χ1n) is 5.89. The van der Waals surface area contributed by atoms with Crippen LogP contribution in [0.5, 0.6) is 0 Å². The molecule has 2 N–H and O–H groups in total. The number of hydrogen-bond acceptors (Lipinski definition) is 2. The van der Waals surface area contributed by atoms with E-state index in [0.717, 1.165) is 19.6 Å². The lowest BCUT2D eigenvalue weighted by atomic mass is 10.2. The molecule has 0 fully saturated rings. The lowest BCUT2D eigenvalue weighted by Crippen LogP contribution is -2.27. The summed E-state index contributed by atoms with van der Waals surface area (Å²) in [5.74, 6) is 0. The fraction of sp³-hybridized carbons (Fsp3) is 0.500. The van der Waals surface area contributed by atoms with Crippen LogP contribution in [-0.4, -0.2) is 29.9 Å². The van der Waals surface area contributed by atoms with E-state index in [-0.39, 0.29) is 0 Å². The van der Waals surface area contributed by atoms with E-state index in [2.05, 4.69) is 41.0 Å². The lowest BCUT2D eigenvalue weighted by molar-refractivity contribution is 0.607. The molecule has 1 aromatic carbocycles. The normalized spacial score (nSPS) is 10.7. The third-order valence-electron chi connectivity index (χ3n) is 2.36. The van der Waals surface area contributed by atoms with Gasteiger partial charge in [-0.15, -0.1) is 0 Å². The maximum Gasteiger partial charge on any atom is 0.0206 e. The van der Waals surface area contributed by atoms with Gasteiger partial charge in [0.1, 0.15) is 0 Å². The third-order valence-corrected chi connectivity index (χ3v) is 3.06. The Morgan fingerprint density at radius 1 is 0.933 bits per heavy atom. The molecule has 84 valence electrons. The standard InChI is InChI=1S/C12H22N2Si/c15-10-4-7-13-8-9-14-11-12-5-2-1-3-6-12/h1-3,5-6,13-14H,4,7-11H2,15H3. The quantitative estimate of drug-likeness (QED) is 0.495. The van der Waals surface area contributed by atoms with Gasteiger partial charge in [-0.3, -0.25) is 0 Å². The van der Waals surface area contributed by atoms with Crippen LogP contribution < -0.4 is 10.6 Å². The Labute approximate surface area is 95.9 Å². The van der Waals surface area contributed by atoms with Crippen molar-refractivity contribution in [3.63, 3.8) is 0 Å². The smallest absolute Gasteiger partial charge is 0.0206 e. The second-order valence-corrected chi connectivity index (χ2v) is 4.77. The molecule has 0 aliphatic rings. The van der Waals surface area contributed by atoms with Gasteiger partial charge >= 0.3 is 0 Å². The van der Waals surface area contributed by atoms with E-state index in [1.165, 1.54) is 34.8 Å². The van der Waals surface area contributed by atoms with Gasteiger partial charge in [0.15, 0.2) is 0 Å². The molecule has 1 aromatic rings. The predicted molar refractivity (Wildman–Crippen MR) is 70.4 cm³/mol. The van der Waals surface area contributed by atoms with E-state index in [9.17, 15) is 0 Å². The van der Waals surface area contributed by atoms with Crippen molar-refractivity contribution in [1.29, 1.82) is 0 Å². The fourth-order valence-electron chi connectivity index (χ4n) is 1.43. The van der Waals surface area contributed by atoms with E-state index in [1.807, 2.05) is 0 Å². The number of hydrogen-bond donors (Lipinski definition) is 2. The molecule has 0 radical (unpaired) electrons. The molecule has 0 aromatic heterocycles. The van der Waals surface area contributed by atoms with Crippen molar-refractivity contribution in [3.05, 3.63) is 35.9 Å². The summed E-state index contributed by atoms with van der Waals surface area (Å²) in [5, 5.41) is 6.86. The Morgan fingerprint density at radius 3 is 2.40 bits per heavy atom. The summed E-state index contributed by atoms with van der Waals surface area (Å²) in [4.78, 5) is 0. The molecule has 0 atom stereocenters. The van der Waals surface area contributed by atoms with E-state index in [4.69, 9.17) is 0 Å². The molecule has 0 amide bonds. The summed E-state index contributed by atoms with van der Waals surface area (Å²) in [5.41, 5.74) is 1.36. The molecular formula is C12H22N2Si. The second kappa shape index (κ2) is 8.65. The van der Waals surface area contributed by atoms with Gasteiger partial charge in [-0.05, 0) is 18.5 Å². The number of benzene rings is 1. The van der Waals surface area contributed by atoms with Gasteiger partial charge in [0.2, 0.25) is 0 Å². The van der Waals surface area contributed by atoms with Crippen LogP contribution in [0.15, 0.2) is 30.3 Å². The Kier molecular flexibility index (Phi) is 7.16. The highest BCUT2D eigenvalue weighted by molar-refractivity contribution is 6.08. The van der Waals surface area contributed by atoms with Gasteiger partial charge in [-0.25, -0.2) is 0 Å². The molecule has 2 nitrogen and oxygen atoms in total. The first-order valence-corrected chi connectivity index (χ1v) is 7.30. The van der Waals surface area contributed by atoms with Crippen molar-refractivity contribution in [3.8, 4) is 0 Å². The van der Waals surface area contributed by atoms with Crippen molar-refractivity contribution in [2.24, 2.45) is 0 Å². The van der Waals surface area contributed by atoms with Crippen molar-refractivity contribution in [2.45, 2.75) is 19.0 Å². The first kappa shape index (κ1) is 12.4. The predicted octanol–water partition coefficient (Wildman–Crippen LogP) is 0.540. The molecule has 3 heteroatoms. The lowest BCUT2D eigenvalue weighted by Gasteiger charge is -2.06. The average molecular weight is 222 g/mol. The maximum absolute atomic E-state index is 3.43.